The van der Waals surface area contributed by atoms with Crippen LogP contribution in [0.3, 0.4) is 0 Å². The van der Waals surface area contributed by atoms with Crippen molar-refractivity contribution in [2.45, 2.75) is 109 Å². The molecule has 6 heteroatoms. The van der Waals surface area contributed by atoms with Crippen LogP contribution in [0, 0.1) is 17.8 Å². The Kier molecular flexibility index (Phi) is 8.40. The van der Waals surface area contributed by atoms with Gasteiger partial charge >= 0.3 is 6.09 Å². The van der Waals surface area contributed by atoms with Gasteiger partial charge in [0, 0.05) is 37.4 Å². The van der Waals surface area contributed by atoms with Gasteiger partial charge in [-0.2, -0.15) is 0 Å². The average Bonchev–Trinajstić information content (AvgIpc) is 2.74. The van der Waals surface area contributed by atoms with Crippen LogP contribution < -0.4 is 5.32 Å². The molecule has 176 valence electrons. The quantitative estimate of drug-likeness (QED) is 0.671. The molecule has 1 heterocycles. The van der Waals surface area contributed by atoms with Crippen LogP contribution in [0.5, 0.6) is 0 Å². The maximum atomic E-state index is 12.9. The van der Waals surface area contributed by atoms with Crippen LogP contribution >= 0.6 is 0 Å². The van der Waals surface area contributed by atoms with Gasteiger partial charge in [-0.25, -0.2) is 4.79 Å². The third kappa shape index (κ3) is 7.50. The zero-order chi connectivity index (χ0) is 22.4. The SMILES string of the molecule is CC(C)(C)OC(=O)N1CCC(CC(=O)C2CCC(C(=O)NC3CCCCC3)CC2)CC1. The van der Waals surface area contributed by atoms with E-state index in [1.54, 1.807) is 4.90 Å². The molecular weight excluding hydrogens is 392 g/mol. The maximum absolute atomic E-state index is 12.9. The first-order valence-electron chi connectivity index (χ1n) is 12.5. The Hall–Kier alpha value is -1.59. The summed E-state index contributed by atoms with van der Waals surface area (Å²) in [6.07, 6.45) is 11.4. The highest BCUT2D eigenvalue weighted by Gasteiger charge is 2.33. The molecule has 2 aliphatic carbocycles. The Balaban J connectivity index is 1.35. The second-order valence-corrected chi connectivity index (χ2v) is 11.0. The summed E-state index contributed by atoms with van der Waals surface area (Å²) in [6.45, 7) is 6.97. The van der Waals surface area contributed by atoms with Crippen LogP contribution in [0.25, 0.3) is 0 Å². The van der Waals surface area contributed by atoms with Gasteiger partial charge in [0.1, 0.15) is 11.4 Å². The zero-order valence-corrected chi connectivity index (χ0v) is 19.8. The molecule has 1 aliphatic heterocycles. The summed E-state index contributed by atoms with van der Waals surface area (Å²) in [5, 5.41) is 3.26. The molecule has 0 unspecified atom stereocenters. The summed E-state index contributed by atoms with van der Waals surface area (Å²) in [5.41, 5.74) is -0.476. The third-order valence-corrected chi connectivity index (χ3v) is 7.26. The van der Waals surface area contributed by atoms with E-state index in [2.05, 4.69) is 5.32 Å². The van der Waals surface area contributed by atoms with Crippen molar-refractivity contribution in [3.63, 3.8) is 0 Å². The third-order valence-electron chi connectivity index (χ3n) is 7.26. The Bertz CT molecular complexity index is 620. The Labute approximate surface area is 187 Å². The highest BCUT2D eigenvalue weighted by molar-refractivity contribution is 5.82. The van der Waals surface area contributed by atoms with E-state index in [4.69, 9.17) is 4.74 Å². The van der Waals surface area contributed by atoms with E-state index >= 15 is 0 Å². The molecule has 2 saturated carbocycles. The van der Waals surface area contributed by atoms with Crippen LogP contribution in [0.2, 0.25) is 0 Å². The molecule has 3 rings (SSSR count). The largest absolute Gasteiger partial charge is 0.444 e. The van der Waals surface area contributed by atoms with Gasteiger partial charge in [0.2, 0.25) is 5.91 Å². The van der Waals surface area contributed by atoms with Gasteiger partial charge in [-0.15, -0.1) is 0 Å². The van der Waals surface area contributed by atoms with Crippen molar-refractivity contribution in [1.29, 1.82) is 0 Å². The lowest BCUT2D eigenvalue weighted by Gasteiger charge is -2.34. The molecule has 31 heavy (non-hydrogen) atoms. The summed E-state index contributed by atoms with van der Waals surface area (Å²) in [6, 6.07) is 0.368. The van der Waals surface area contributed by atoms with Crippen molar-refractivity contribution in [3.8, 4) is 0 Å². The number of nitrogens with one attached hydrogen (secondary N) is 1. The predicted molar refractivity (Wildman–Crippen MR) is 121 cm³/mol. The number of nitrogens with zero attached hydrogens (tertiary/aromatic N) is 1. The standard InChI is InChI=1S/C25H42N2O4/c1-25(2,3)31-24(30)27-15-13-18(14-16-27)17-22(28)19-9-11-20(12-10-19)23(29)26-21-7-5-4-6-8-21/h18-21H,4-17H2,1-3H3,(H,26,29). The van der Waals surface area contributed by atoms with Gasteiger partial charge in [0.25, 0.3) is 0 Å². The number of piperidine rings is 1. The molecule has 0 aromatic carbocycles. The summed E-state index contributed by atoms with van der Waals surface area (Å²) >= 11 is 0. The molecule has 3 fully saturated rings. The monoisotopic (exact) mass is 434 g/mol. The highest BCUT2D eigenvalue weighted by Crippen LogP contribution is 2.33. The molecule has 0 spiro atoms. The predicted octanol–water partition coefficient (Wildman–Crippen LogP) is 4.85. The van der Waals surface area contributed by atoms with Gasteiger partial charge in [-0.1, -0.05) is 19.3 Å². The number of hydrogen-bond donors (Lipinski definition) is 1. The summed E-state index contributed by atoms with van der Waals surface area (Å²) < 4.78 is 5.45. The lowest BCUT2D eigenvalue weighted by molar-refractivity contribution is -0.130. The Morgan fingerprint density at radius 1 is 0.839 bits per heavy atom. The van der Waals surface area contributed by atoms with Crippen molar-refractivity contribution in [2.75, 3.05) is 13.1 Å². The van der Waals surface area contributed by atoms with Crippen LogP contribution in [0.4, 0.5) is 4.79 Å². The topological polar surface area (TPSA) is 75.7 Å². The first-order valence-corrected chi connectivity index (χ1v) is 12.5. The van der Waals surface area contributed by atoms with E-state index in [0.717, 1.165) is 51.4 Å². The number of hydrogen-bond acceptors (Lipinski definition) is 4. The van der Waals surface area contributed by atoms with Gasteiger partial charge in [0.15, 0.2) is 0 Å². The van der Waals surface area contributed by atoms with Gasteiger partial charge in [-0.05, 0) is 78.1 Å². The second-order valence-electron chi connectivity index (χ2n) is 11.0. The molecule has 0 atom stereocenters. The van der Waals surface area contributed by atoms with Crippen molar-refractivity contribution in [1.82, 2.24) is 10.2 Å². The normalized spacial score (nSPS) is 26.4. The van der Waals surface area contributed by atoms with Gasteiger partial charge < -0.3 is 15.0 Å². The summed E-state index contributed by atoms with van der Waals surface area (Å²) in [4.78, 5) is 39.4. The van der Waals surface area contributed by atoms with E-state index in [-0.39, 0.29) is 23.8 Å². The Morgan fingerprint density at radius 2 is 1.42 bits per heavy atom. The minimum absolute atomic E-state index is 0.0862. The highest BCUT2D eigenvalue weighted by atomic mass is 16.6. The number of carbonyl (C=O) groups is 3. The summed E-state index contributed by atoms with van der Waals surface area (Å²) in [5.74, 6) is 1.14. The van der Waals surface area contributed by atoms with Crippen LogP contribution in [0.15, 0.2) is 0 Å². The molecule has 1 saturated heterocycles. The fraction of sp³-hybridized carbons (Fsp3) is 0.880. The van der Waals surface area contributed by atoms with Crippen LogP contribution in [0.1, 0.15) is 97.8 Å². The maximum Gasteiger partial charge on any atom is 0.410 e. The minimum Gasteiger partial charge on any atom is -0.444 e. The van der Waals surface area contributed by atoms with Crippen LogP contribution in [-0.2, 0) is 14.3 Å². The smallest absolute Gasteiger partial charge is 0.410 e. The number of amides is 2. The molecule has 0 radical (unpaired) electrons. The number of ketones is 1. The Morgan fingerprint density at radius 3 is 2.00 bits per heavy atom. The molecule has 0 bridgehead atoms. The number of Topliss-reactive ketones (excluding diaryl/α,β-unsaturated/α-hetero) is 1. The number of likely N-dealkylation sites (tertiary alicyclic amines) is 1. The minimum atomic E-state index is -0.476. The molecular formula is C25H42N2O4. The van der Waals surface area contributed by atoms with Gasteiger partial charge in [-0.3, -0.25) is 9.59 Å². The van der Waals surface area contributed by atoms with Crippen molar-refractivity contribution >= 4 is 17.8 Å². The molecule has 6 nitrogen and oxygen atoms in total. The van der Waals surface area contributed by atoms with E-state index in [9.17, 15) is 14.4 Å². The van der Waals surface area contributed by atoms with E-state index in [0.29, 0.717) is 37.3 Å². The van der Waals surface area contributed by atoms with Crippen molar-refractivity contribution in [3.05, 3.63) is 0 Å². The molecule has 0 aromatic heterocycles. The number of ether oxygens (including phenoxy) is 1. The number of rotatable bonds is 5. The van der Waals surface area contributed by atoms with Crippen molar-refractivity contribution in [2.24, 2.45) is 17.8 Å². The fourth-order valence-electron chi connectivity index (χ4n) is 5.34. The number of carbonyl (C=O) groups excluding carboxylic acids is 3. The van der Waals surface area contributed by atoms with E-state index < -0.39 is 5.60 Å². The molecule has 2 amide bonds. The first kappa shape index (κ1) is 24.1. The fourth-order valence-corrected chi connectivity index (χ4v) is 5.34. The zero-order valence-electron chi connectivity index (χ0n) is 19.8. The molecule has 1 N–H and O–H groups in total. The van der Waals surface area contributed by atoms with E-state index in [1.165, 1.54) is 19.3 Å². The first-order chi connectivity index (χ1) is 14.7. The van der Waals surface area contributed by atoms with Crippen LogP contribution in [-0.4, -0.2) is 47.4 Å². The van der Waals surface area contributed by atoms with Crippen molar-refractivity contribution < 1.29 is 19.1 Å². The van der Waals surface area contributed by atoms with Gasteiger partial charge in [0.05, 0.1) is 0 Å². The lowest BCUT2D eigenvalue weighted by Crippen LogP contribution is -2.42. The molecule has 0 aromatic rings. The average molecular weight is 435 g/mol. The summed E-state index contributed by atoms with van der Waals surface area (Å²) in [7, 11) is 0. The second kappa shape index (κ2) is 10.8. The lowest BCUT2D eigenvalue weighted by atomic mass is 9.77. The molecule has 3 aliphatic rings. The van der Waals surface area contributed by atoms with E-state index in [1.807, 2.05) is 20.8 Å².